The minimum absolute atomic E-state index is 0.125. The summed E-state index contributed by atoms with van der Waals surface area (Å²) in [6.45, 7) is 4.84. The molecule has 5 heteroatoms. The monoisotopic (exact) mass is 457 g/mol. The van der Waals surface area contributed by atoms with Gasteiger partial charge >= 0.3 is 0 Å². The lowest BCUT2D eigenvalue weighted by Gasteiger charge is -2.32. The van der Waals surface area contributed by atoms with Crippen LogP contribution in [0.15, 0.2) is 60.8 Å². The number of aromatic nitrogens is 1. The lowest BCUT2D eigenvalue weighted by atomic mass is 9.81. The number of carbonyl (C=O) groups is 1. The summed E-state index contributed by atoms with van der Waals surface area (Å²) in [5, 5.41) is 0. The van der Waals surface area contributed by atoms with Crippen molar-refractivity contribution >= 4 is 17.4 Å². The number of amides is 1. The van der Waals surface area contributed by atoms with Gasteiger partial charge in [-0.3, -0.25) is 4.79 Å². The molecule has 1 aromatic heterocycles. The highest BCUT2D eigenvalue weighted by molar-refractivity contribution is 5.98. The van der Waals surface area contributed by atoms with E-state index in [1.165, 1.54) is 11.1 Å². The van der Waals surface area contributed by atoms with Crippen LogP contribution in [0, 0.1) is 0 Å². The van der Waals surface area contributed by atoms with Crippen molar-refractivity contribution in [1.82, 2.24) is 4.98 Å². The van der Waals surface area contributed by atoms with E-state index in [0.717, 1.165) is 47.6 Å². The molecule has 0 saturated carbocycles. The van der Waals surface area contributed by atoms with Crippen molar-refractivity contribution in [1.29, 1.82) is 0 Å². The molecule has 0 bridgehead atoms. The zero-order valence-corrected chi connectivity index (χ0v) is 20.9. The number of aryl methyl sites for hydroxylation is 1. The quantitative estimate of drug-likeness (QED) is 0.441. The van der Waals surface area contributed by atoms with Crippen LogP contribution in [-0.2, 0) is 17.8 Å². The molecule has 5 nitrogen and oxygen atoms in total. The van der Waals surface area contributed by atoms with Gasteiger partial charge in [-0.1, -0.05) is 38.1 Å². The number of ether oxygens (including phenoxy) is 1. The summed E-state index contributed by atoms with van der Waals surface area (Å²) >= 11 is 0. The minimum atomic E-state index is -0.192. The first-order valence-electron chi connectivity index (χ1n) is 12.1. The van der Waals surface area contributed by atoms with Crippen LogP contribution in [0.25, 0.3) is 0 Å². The van der Waals surface area contributed by atoms with E-state index in [4.69, 9.17) is 4.74 Å². The number of fused-ring (bicyclic) bond motifs is 1. The smallest absolute Gasteiger partial charge is 0.234 e. The molecule has 2 aromatic carbocycles. The number of hydrogen-bond acceptors (Lipinski definition) is 4. The third-order valence-electron chi connectivity index (χ3n) is 6.72. The molecule has 0 N–H and O–H groups in total. The molecule has 1 unspecified atom stereocenters. The highest BCUT2D eigenvalue weighted by Gasteiger charge is 2.32. The summed E-state index contributed by atoms with van der Waals surface area (Å²) in [5.74, 6) is 2.05. The number of hydrogen-bond donors (Lipinski definition) is 0. The van der Waals surface area contributed by atoms with Crippen molar-refractivity contribution in [2.75, 3.05) is 31.0 Å². The molecule has 0 spiro atoms. The molecular formula is C29H35N3O2. The fourth-order valence-corrected chi connectivity index (χ4v) is 4.81. The number of pyridine rings is 1. The van der Waals surface area contributed by atoms with E-state index in [1.807, 2.05) is 42.1 Å². The molecule has 0 aliphatic heterocycles. The summed E-state index contributed by atoms with van der Waals surface area (Å²) in [6, 6.07) is 18.6. The van der Waals surface area contributed by atoms with E-state index in [-0.39, 0.29) is 11.8 Å². The van der Waals surface area contributed by atoms with Crippen LogP contribution in [0.2, 0.25) is 0 Å². The third-order valence-corrected chi connectivity index (χ3v) is 6.72. The van der Waals surface area contributed by atoms with Gasteiger partial charge in [0, 0.05) is 31.5 Å². The molecule has 1 aliphatic rings. The zero-order valence-electron chi connectivity index (χ0n) is 20.9. The number of anilines is 2. The van der Waals surface area contributed by atoms with Gasteiger partial charge in [0.2, 0.25) is 5.91 Å². The minimum Gasteiger partial charge on any atom is -0.497 e. The van der Waals surface area contributed by atoms with Gasteiger partial charge in [0.05, 0.1) is 19.6 Å². The Bertz CT molecular complexity index is 1140. The lowest BCUT2D eigenvalue weighted by molar-refractivity contribution is -0.120. The predicted molar refractivity (Wildman–Crippen MR) is 139 cm³/mol. The maximum Gasteiger partial charge on any atom is 0.234 e. The summed E-state index contributed by atoms with van der Waals surface area (Å²) in [5.41, 5.74) is 5.54. The third kappa shape index (κ3) is 4.93. The molecule has 1 aliphatic carbocycles. The Morgan fingerprint density at radius 1 is 1.12 bits per heavy atom. The second-order valence-electron chi connectivity index (χ2n) is 9.56. The molecule has 0 fully saturated rings. The van der Waals surface area contributed by atoms with E-state index < -0.39 is 0 Å². The number of benzene rings is 2. The number of nitrogens with zero attached hydrogens (tertiary/aromatic N) is 3. The van der Waals surface area contributed by atoms with E-state index >= 15 is 0 Å². The standard InChI is InChI=1S/C29H35N3O2/c1-20(2)21-11-14-24(15-12-21)32(19-23-9-7-17-30-28(23)31(3)4)29(33)26-10-6-8-22-13-16-25(34-5)18-27(22)26/h7,9,11-18,20,26H,6,8,10,19H2,1-5H3. The normalized spacial score (nSPS) is 15.1. The van der Waals surface area contributed by atoms with Crippen molar-refractivity contribution in [3.63, 3.8) is 0 Å². The van der Waals surface area contributed by atoms with Crippen molar-refractivity contribution < 1.29 is 9.53 Å². The first-order chi connectivity index (χ1) is 16.4. The summed E-state index contributed by atoms with van der Waals surface area (Å²) in [6.07, 6.45) is 4.64. The number of rotatable bonds is 7. The Hall–Kier alpha value is -3.34. The van der Waals surface area contributed by atoms with Crippen LogP contribution in [0.1, 0.15) is 60.8 Å². The Kier molecular flexibility index (Phi) is 7.20. The van der Waals surface area contributed by atoms with Crippen LogP contribution < -0.4 is 14.5 Å². The highest BCUT2D eigenvalue weighted by Crippen LogP contribution is 2.37. The predicted octanol–water partition coefficient (Wildman–Crippen LogP) is 5.93. The fraction of sp³-hybridized carbons (Fsp3) is 0.379. The van der Waals surface area contributed by atoms with E-state index in [1.54, 1.807) is 13.3 Å². The van der Waals surface area contributed by atoms with Gasteiger partial charge in [0.15, 0.2) is 0 Å². The molecule has 1 atom stereocenters. The van der Waals surface area contributed by atoms with Crippen LogP contribution in [0.5, 0.6) is 5.75 Å². The lowest BCUT2D eigenvalue weighted by Crippen LogP contribution is -2.36. The van der Waals surface area contributed by atoms with Gasteiger partial charge in [0.25, 0.3) is 0 Å². The Morgan fingerprint density at radius 2 is 1.88 bits per heavy atom. The van der Waals surface area contributed by atoms with Gasteiger partial charge in [-0.05, 0) is 72.2 Å². The maximum atomic E-state index is 14.2. The van der Waals surface area contributed by atoms with E-state index in [9.17, 15) is 4.79 Å². The van der Waals surface area contributed by atoms with Gasteiger partial charge in [-0.2, -0.15) is 0 Å². The molecule has 1 amide bonds. The van der Waals surface area contributed by atoms with Crippen LogP contribution in [0.3, 0.4) is 0 Å². The molecule has 4 rings (SSSR count). The molecular weight excluding hydrogens is 422 g/mol. The Morgan fingerprint density at radius 3 is 2.56 bits per heavy atom. The van der Waals surface area contributed by atoms with Gasteiger partial charge in [-0.25, -0.2) is 4.98 Å². The average Bonchev–Trinajstić information content (AvgIpc) is 2.86. The largest absolute Gasteiger partial charge is 0.497 e. The second kappa shape index (κ2) is 10.3. The van der Waals surface area contributed by atoms with Crippen LogP contribution in [-0.4, -0.2) is 32.1 Å². The Labute approximate surface area is 203 Å². The highest BCUT2D eigenvalue weighted by atomic mass is 16.5. The topological polar surface area (TPSA) is 45.7 Å². The maximum absolute atomic E-state index is 14.2. The van der Waals surface area contributed by atoms with Gasteiger partial charge < -0.3 is 14.5 Å². The van der Waals surface area contributed by atoms with Gasteiger partial charge in [0.1, 0.15) is 11.6 Å². The molecule has 1 heterocycles. The number of methoxy groups -OCH3 is 1. The average molecular weight is 458 g/mol. The van der Waals surface area contributed by atoms with Crippen molar-refractivity contribution in [2.24, 2.45) is 0 Å². The summed E-state index contributed by atoms with van der Waals surface area (Å²) in [4.78, 5) is 22.7. The molecule has 0 radical (unpaired) electrons. The Balaban J connectivity index is 1.75. The van der Waals surface area contributed by atoms with Crippen LogP contribution in [0.4, 0.5) is 11.5 Å². The van der Waals surface area contributed by atoms with Gasteiger partial charge in [-0.15, -0.1) is 0 Å². The molecule has 178 valence electrons. The van der Waals surface area contributed by atoms with Crippen molar-refractivity contribution in [2.45, 2.75) is 51.5 Å². The number of carbonyl (C=O) groups excluding carboxylic acids is 1. The molecule has 3 aromatic rings. The second-order valence-corrected chi connectivity index (χ2v) is 9.56. The van der Waals surface area contributed by atoms with E-state index in [2.05, 4.69) is 55.2 Å². The zero-order chi connectivity index (χ0) is 24.2. The van der Waals surface area contributed by atoms with Crippen molar-refractivity contribution in [3.8, 4) is 5.75 Å². The SMILES string of the molecule is COc1ccc2c(c1)C(C(=O)N(Cc1cccnc1N(C)C)c1ccc(C(C)C)cc1)CCC2. The van der Waals surface area contributed by atoms with Crippen LogP contribution >= 0.6 is 0 Å². The first kappa shape index (κ1) is 23.8. The van der Waals surface area contributed by atoms with E-state index in [0.29, 0.717) is 12.5 Å². The van der Waals surface area contributed by atoms with Crippen molar-refractivity contribution in [3.05, 3.63) is 83.0 Å². The summed E-state index contributed by atoms with van der Waals surface area (Å²) in [7, 11) is 5.65. The molecule has 0 saturated heterocycles. The fourth-order valence-electron chi connectivity index (χ4n) is 4.81. The summed E-state index contributed by atoms with van der Waals surface area (Å²) < 4.78 is 5.49. The molecule has 34 heavy (non-hydrogen) atoms. The first-order valence-corrected chi connectivity index (χ1v) is 12.1.